The van der Waals surface area contributed by atoms with Crippen molar-refractivity contribution in [2.24, 2.45) is 0 Å². The molecular formula is C33H24ClF5N4O4. The summed E-state index contributed by atoms with van der Waals surface area (Å²) in [6, 6.07) is 12.7. The van der Waals surface area contributed by atoms with Crippen LogP contribution < -0.4 is 10.1 Å². The van der Waals surface area contributed by atoms with Gasteiger partial charge in [0.25, 0.3) is 5.91 Å². The summed E-state index contributed by atoms with van der Waals surface area (Å²) in [4.78, 5) is 32.8. The Balaban J connectivity index is 1.60. The molecule has 1 unspecified atom stereocenters. The van der Waals surface area contributed by atoms with Gasteiger partial charge in [-0.3, -0.25) is 9.20 Å². The second-order valence-corrected chi connectivity index (χ2v) is 11.0. The predicted molar refractivity (Wildman–Crippen MR) is 162 cm³/mol. The van der Waals surface area contributed by atoms with Gasteiger partial charge in [0.15, 0.2) is 5.69 Å². The standard InChI is InChI=1S/C33H24ClF5N4O4/c1-3-47-32(45)26-16-42-27(41-26)14-25(40-21-11-18(33(37,38)39)10-20(36)12-21)28-29(23-13-19(35)6-9-24(23)34)43(31(44)30(28)42)15-17-4-7-22(46-2)8-5-17/h4-14,16,29,40H,3,15H2,1-2H3. The fourth-order valence-electron chi connectivity index (χ4n) is 5.57. The number of nitrogens with zero attached hydrogens (tertiary/aromatic N) is 3. The molecule has 0 saturated heterocycles. The fourth-order valence-corrected chi connectivity index (χ4v) is 5.79. The number of aromatic nitrogens is 2. The number of nitrogens with one attached hydrogen (secondary N) is 1. The van der Waals surface area contributed by atoms with Gasteiger partial charge in [-0.25, -0.2) is 18.6 Å². The predicted octanol–water partition coefficient (Wildman–Crippen LogP) is 7.96. The van der Waals surface area contributed by atoms with Crippen LogP contribution in [0.15, 0.2) is 72.9 Å². The van der Waals surface area contributed by atoms with Crippen LogP contribution in [0.5, 0.6) is 5.75 Å². The van der Waals surface area contributed by atoms with Crippen molar-refractivity contribution >= 4 is 40.5 Å². The molecule has 1 N–H and O–H groups in total. The van der Waals surface area contributed by atoms with E-state index in [2.05, 4.69) is 10.3 Å². The highest BCUT2D eigenvalue weighted by molar-refractivity contribution is 6.31. The van der Waals surface area contributed by atoms with Gasteiger partial charge in [-0.15, -0.1) is 0 Å². The number of benzene rings is 3. The van der Waals surface area contributed by atoms with E-state index in [1.165, 1.54) is 34.7 Å². The molecule has 3 heterocycles. The summed E-state index contributed by atoms with van der Waals surface area (Å²) >= 11 is 6.60. The van der Waals surface area contributed by atoms with Crippen molar-refractivity contribution in [1.82, 2.24) is 14.3 Å². The first-order valence-electron chi connectivity index (χ1n) is 14.1. The zero-order valence-corrected chi connectivity index (χ0v) is 25.4. The molecule has 2 aromatic heterocycles. The van der Waals surface area contributed by atoms with Crippen LogP contribution in [0.1, 0.15) is 56.2 Å². The number of fused-ring (bicyclic) bond motifs is 3. The highest BCUT2D eigenvalue weighted by Crippen LogP contribution is 2.47. The molecule has 242 valence electrons. The molecule has 0 bridgehead atoms. The molecule has 47 heavy (non-hydrogen) atoms. The van der Waals surface area contributed by atoms with Crippen molar-refractivity contribution < 1.29 is 41.0 Å². The lowest BCUT2D eigenvalue weighted by Crippen LogP contribution is -2.29. The number of ether oxygens (including phenoxy) is 2. The van der Waals surface area contributed by atoms with Crippen LogP contribution in [0.4, 0.5) is 33.3 Å². The minimum absolute atomic E-state index is 0.0203. The summed E-state index contributed by atoms with van der Waals surface area (Å²) in [5, 5.41) is 2.93. The van der Waals surface area contributed by atoms with Crippen molar-refractivity contribution in [2.45, 2.75) is 25.7 Å². The van der Waals surface area contributed by atoms with Crippen LogP contribution in [-0.2, 0) is 17.5 Å². The summed E-state index contributed by atoms with van der Waals surface area (Å²) < 4.78 is 81.8. The summed E-state index contributed by atoms with van der Waals surface area (Å²) in [7, 11) is 1.50. The van der Waals surface area contributed by atoms with E-state index in [-0.39, 0.29) is 57.7 Å². The van der Waals surface area contributed by atoms with Gasteiger partial charge < -0.3 is 19.7 Å². The Hall–Kier alpha value is -5.17. The summed E-state index contributed by atoms with van der Waals surface area (Å²) in [6.07, 6.45) is -3.55. The lowest BCUT2D eigenvalue weighted by Gasteiger charge is -2.27. The quantitative estimate of drug-likeness (QED) is 0.133. The molecular weight excluding hydrogens is 647 g/mol. The number of amides is 1. The minimum Gasteiger partial charge on any atom is -0.497 e. The van der Waals surface area contributed by atoms with Crippen LogP contribution in [0.2, 0.25) is 5.02 Å². The Bertz CT molecular complexity index is 2030. The number of methoxy groups -OCH3 is 1. The maximum absolute atomic E-state index is 14.8. The number of alkyl halides is 3. The van der Waals surface area contributed by atoms with Gasteiger partial charge >= 0.3 is 12.1 Å². The van der Waals surface area contributed by atoms with Crippen LogP contribution in [0.3, 0.4) is 0 Å². The molecule has 6 rings (SSSR count). The molecule has 1 atom stereocenters. The second kappa shape index (κ2) is 12.2. The van der Waals surface area contributed by atoms with E-state index in [0.717, 1.165) is 18.2 Å². The Kier molecular flexibility index (Phi) is 8.26. The molecule has 1 aliphatic rings. The van der Waals surface area contributed by atoms with Crippen LogP contribution in [0, 0.1) is 11.6 Å². The fraction of sp³-hybridized carbons (Fsp3) is 0.182. The van der Waals surface area contributed by atoms with E-state index in [9.17, 15) is 31.5 Å². The Labute approximate surface area is 269 Å². The average Bonchev–Trinajstić information content (AvgIpc) is 3.57. The number of hydrogen-bond acceptors (Lipinski definition) is 6. The molecule has 1 aliphatic heterocycles. The third-order valence-corrected chi connectivity index (χ3v) is 7.94. The molecule has 5 aromatic rings. The molecule has 14 heteroatoms. The van der Waals surface area contributed by atoms with Crippen molar-refractivity contribution in [3.8, 4) is 5.75 Å². The number of rotatable bonds is 8. The first-order chi connectivity index (χ1) is 22.4. The molecule has 0 radical (unpaired) electrons. The third kappa shape index (κ3) is 6.06. The molecule has 1 amide bonds. The van der Waals surface area contributed by atoms with Crippen molar-refractivity contribution in [3.63, 3.8) is 0 Å². The zero-order chi connectivity index (χ0) is 33.6. The first-order valence-corrected chi connectivity index (χ1v) is 14.5. The number of carbonyl (C=O) groups is 2. The number of halogens is 6. The highest BCUT2D eigenvalue weighted by Gasteiger charge is 2.43. The molecule has 0 aliphatic carbocycles. The van der Waals surface area contributed by atoms with Crippen LogP contribution in [-0.4, -0.2) is 39.9 Å². The van der Waals surface area contributed by atoms with Gasteiger partial charge in [0.05, 0.1) is 31.0 Å². The SMILES string of the molecule is CCOC(=O)c1cn2c3c(c(Nc4cc(F)cc(C(F)(F)F)c4)cc2n1)C(c1cc(F)ccc1Cl)N(Cc1ccc(OC)cc1)C3=O. The van der Waals surface area contributed by atoms with Gasteiger partial charge in [-0.2, -0.15) is 13.2 Å². The first kappa shape index (κ1) is 31.8. The van der Waals surface area contributed by atoms with Crippen molar-refractivity contribution in [1.29, 1.82) is 0 Å². The van der Waals surface area contributed by atoms with E-state index in [1.54, 1.807) is 31.2 Å². The zero-order valence-electron chi connectivity index (χ0n) is 24.7. The summed E-state index contributed by atoms with van der Waals surface area (Å²) in [5.41, 5.74) is -0.583. The lowest BCUT2D eigenvalue weighted by atomic mass is 9.97. The van der Waals surface area contributed by atoms with Gasteiger partial charge in [0, 0.05) is 40.6 Å². The van der Waals surface area contributed by atoms with E-state index >= 15 is 0 Å². The second-order valence-electron chi connectivity index (χ2n) is 10.6. The third-order valence-electron chi connectivity index (χ3n) is 7.59. The smallest absolute Gasteiger partial charge is 0.416 e. The van der Waals surface area contributed by atoms with Gasteiger partial charge in [-0.1, -0.05) is 23.7 Å². The molecule has 0 spiro atoms. The maximum Gasteiger partial charge on any atom is 0.416 e. The lowest BCUT2D eigenvalue weighted by molar-refractivity contribution is -0.137. The number of anilines is 2. The topological polar surface area (TPSA) is 85.2 Å². The Morgan fingerprint density at radius 2 is 1.77 bits per heavy atom. The monoisotopic (exact) mass is 670 g/mol. The van der Waals surface area contributed by atoms with Gasteiger partial charge in [0.2, 0.25) is 0 Å². The number of carbonyl (C=O) groups excluding carboxylic acids is 2. The number of imidazole rings is 1. The van der Waals surface area contributed by atoms with E-state index < -0.39 is 41.3 Å². The van der Waals surface area contributed by atoms with E-state index in [0.29, 0.717) is 23.4 Å². The highest BCUT2D eigenvalue weighted by atomic mass is 35.5. The Morgan fingerprint density at radius 3 is 2.45 bits per heavy atom. The van der Waals surface area contributed by atoms with E-state index in [4.69, 9.17) is 21.1 Å². The van der Waals surface area contributed by atoms with Gasteiger partial charge in [-0.05, 0) is 61.0 Å². The number of pyridine rings is 1. The summed E-state index contributed by atoms with van der Waals surface area (Å²) in [5.74, 6) is -2.60. The molecule has 8 nitrogen and oxygen atoms in total. The summed E-state index contributed by atoms with van der Waals surface area (Å²) in [6.45, 7) is 1.64. The average molecular weight is 671 g/mol. The van der Waals surface area contributed by atoms with E-state index in [1.807, 2.05) is 0 Å². The minimum atomic E-state index is -4.86. The molecule has 3 aromatic carbocycles. The Morgan fingerprint density at radius 1 is 1.02 bits per heavy atom. The number of esters is 1. The molecule has 0 fully saturated rings. The number of hydrogen-bond donors (Lipinski definition) is 1. The van der Waals surface area contributed by atoms with Crippen LogP contribution >= 0.6 is 11.6 Å². The maximum atomic E-state index is 14.8. The normalized spacial score (nSPS) is 14.4. The molecule has 0 saturated carbocycles. The van der Waals surface area contributed by atoms with Crippen molar-refractivity contribution in [3.05, 3.63) is 123 Å². The largest absolute Gasteiger partial charge is 0.497 e. The van der Waals surface area contributed by atoms with Gasteiger partial charge in [0.1, 0.15) is 28.7 Å². The van der Waals surface area contributed by atoms with Crippen molar-refractivity contribution in [2.75, 3.05) is 19.0 Å². The van der Waals surface area contributed by atoms with Crippen LogP contribution in [0.25, 0.3) is 5.65 Å².